The molecule has 0 saturated heterocycles. The van der Waals surface area contributed by atoms with Crippen LogP contribution >= 0.6 is 11.3 Å². The van der Waals surface area contributed by atoms with Crippen molar-refractivity contribution in [2.24, 2.45) is 0 Å². The van der Waals surface area contributed by atoms with Gasteiger partial charge in [-0.3, -0.25) is 0 Å². The largest absolute Gasteiger partial charge is 0.496 e. The number of aromatic nitrogens is 2. The van der Waals surface area contributed by atoms with Crippen molar-refractivity contribution in [1.82, 2.24) is 9.97 Å². The Balaban J connectivity index is 2.20. The third kappa shape index (κ3) is 2.50. The van der Waals surface area contributed by atoms with Gasteiger partial charge in [-0.1, -0.05) is 19.3 Å². The summed E-state index contributed by atoms with van der Waals surface area (Å²) in [6, 6.07) is 6.21. The molecule has 0 N–H and O–H groups in total. The van der Waals surface area contributed by atoms with Gasteiger partial charge in [0.2, 0.25) is 0 Å². The Morgan fingerprint density at radius 1 is 1.23 bits per heavy atom. The minimum absolute atomic E-state index is 0.438. The lowest BCUT2D eigenvalue weighted by Gasteiger charge is -2.11. The van der Waals surface area contributed by atoms with E-state index in [0.29, 0.717) is 5.92 Å². The number of hydrogen-bond acceptors (Lipinski definition) is 4. The number of benzene rings is 1. The van der Waals surface area contributed by atoms with Crippen LogP contribution in [0.2, 0.25) is 0 Å². The van der Waals surface area contributed by atoms with Crippen LogP contribution in [-0.4, -0.2) is 24.9 Å². The normalized spacial score (nSPS) is 11.3. The summed E-state index contributed by atoms with van der Waals surface area (Å²) in [6.07, 6.45) is 0. The van der Waals surface area contributed by atoms with E-state index in [2.05, 4.69) is 46.1 Å². The summed E-state index contributed by atoms with van der Waals surface area (Å²) in [5, 5.41) is 4.28. The number of hydrogen-bond donors (Lipinski definition) is 0. The van der Waals surface area contributed by atoms with E-state index in [-0.39, 0.29) is 0 Å². The number of thiazole rings is 1. The van der Waals surface area contributed by atoms with Gasteiger partial charge in [-0.05, 0) is 36.4 Å². The zero-order chi connectivity index (χ0) is 15.9. The Kier molecular flexibility index (Phi) is 3.91. The quantitative estimate of drug-likeness (QED) is 0.697. The zero-order valence-electron chi connectivity index (χ0n) is 13.6. The fourth-order valence-corrected chi connectivity index (χ4v) is 3.52. The molecule has 0 atom stereocenters. The molecule has 112 valence electrons. The first kappa shape index (κ1) is 15.0. The molecule has 0 aliphatic carbocycles. The second kappa shape index (κ2) is 5.73. The molecule has 0 bridgehead atoms. The molecule has 2 aromatic heterocycles. The summed E-state index contributed by atoms with van der Waals surface area (Å²) in [5.74, 6) is 1.31. The van der Waals surface area contributed by atoms with Crippen molar-refractivity contribution in [3.63, 3.8) is 0 Å². The predicted molar refractivity (Wildman–Crippen MR) is 96.4 cm³/mol. The molecule has 0 fully saturated rings. The van der Waals surface area contributed by atoms with Crippen molar-refractivity contribution in [3.05, 3.63) is 34.8 Å². The Morgan fingerprint density at radius 3 is 2.64 bits per heavy atom. The second-order valence-corrected chi connectivity index (χ2v) is 6.70. The highest BCUT2D eigenvalue weighted by molar-refractivity contribution is 7.13. The van der Waals surface area contributed by atoms with Gasteiger partial charge in [0.15, 0.2) is 0 Å². The molecule has 3 nitrogen and oxygen atoms in total. The standard InChI is InChI=1S/C17H19BN2OS/c1-9(2)14-8-22-17(20-14)13-7-12(18)11-5-6-15(21-4)10(3)16(11)19-13/h5-9H,18H2,1-4H3. The van der Waals surface area contributed by atoms with Crippen LogP contribution in [0.25, 0.3) is 21.6 Å². The van der Waals surface area contributed by atoms with Crippen LogP contribution < -0.4 is 10.2 Å². The van der Waals surface area contributed by atoms with Crippen LogP contribution in [0.4, 0.5) is 0 Å². The molecule has 5 heteroatoms. The number of methoxy groups -OCH3 is 1. The number of fused-ring (bicyclic) bond motifs is 1. The number of pyridine rings is 1. The van der Waals surface area contributed by atoms with Crippen LogP contribution in [0.5, 0.6) is 5.75 Å². The third-order valence-corrected chi connectivity index (χ3v) is 4.83. The van der Waals surface area contributed by atoms with Crippen molar-refractivity contribution in [2.75, 3.05) is 7.11 Å². The van der Waals surface area contributed by atoms with Crippen molar-refractivity contribution < 1.29 is 4.74 Å². The Labute approximate surface area is 135 Å². The van der Waals surface area contributed by atoms with Crippen molar-refractivity contribution in [2.45, 2.75) is 26.7 Å². The molecule has 0 spiro atoms. The van der Waals surface area contributed by atoms with Crippen molar-refractivity contribution in [1.29, 1.82) is 0 Å². The summed E-state index contributed by atoms with van der Waals surface area (Å²) in [6.45, 7) is 6.37. The third-order valence-electron chi connectivity index (χ3n) is 3.94. The first-order chi connectivity index (χ1) is 10.5. The number of nitrogens with zero attached hydrogens (tertiary/aromatic N) is 2. The van der Waals surface area contributed by atoms with Gasteiger partial charge in [-0.25, -0.2) is 9.97 Å². The first-order valence-corrected chi connectivity index (χ1v) is 8.30. The summed E-state index contributed by atoms with van der Waals surface area (Å²) >= 11 is 1.66. The van der Waals surface area contributed by atoms with E-state index in [0.717, 1.165) is 33.2 Å². The van der Waals surface area contributed by atoms with Gasteiger partial charge in [0.25, 0.3) is 0 Å². The average Bonchev–Trinajstić information content (AvgIpc) is 2.98. The topological polar surface area (TPSA) is 35.0 Å². The second-order valence-electron chi connectivity index (χ2n) is 5.85. The molecule has 1 aromatic carbocycles. The monoisotopic (exact) mass is 310 g/mol. The van der Waals surface area contributed by atoms with E-state index >= 15 is 0 Å². The van der Waals surface area contributed by atoms with Gasteiger partial charge in [0.05, 0.1) is 24.0 Å². The summed E-state index contributed by atoms with van der Waals surface area (Å²) in [7, 11) is 3.82. The molecule has 3 aromatic rings. The highest BCUT2D eigenvalue weighted by atomic mass is 32.1. The highest BCUT2D eigenvalue weighted by Crippen LogP contribution is 2.29. The zero-order valence-corrected chi connectivity index (χ0v) is 14.4. The summed E-state index contributed by atoms with van der Waals surface area (Å²) in [4.78, 5) is 9.58. The molecule has 0 saturated carbocycles. The van der Waals surface area contributed by atoms with Gasteiger partial charge < -0.3 is 4.74 Å². The lowest BCUT2D eigenvalue weighted by Crippen LogP contribution is -2.07. The maximum atomic E-state index is 5.42. The SMILES string of the molecule is Bc1cc(-c2nc(C(C)C)cs2)nc2c(C)c(OC)ccc12. The molecule has 0 amide bonds. The Bertz CT molecular complexity index is 842. The van der Waals surface area contributed by atoms with E-state index in [1.807, 2.05) is 6.07 Å². The molecule has 0 aliphatic heterocycles. The molecule has 0 aliphatic rings. The highest BCUT2D eigenvalue weighted by Gasteiger charge is 2.13. The number of ether oxygens (including phenoxy) is 1. The number of aryl methyl sites for hydroxylation is 1. The maximum Gasteiger partial charge on any atom is 0.142 e. The van der Waals surface area contributed by atoms with E-state index in [1.54, 1.807) is 18.4 Å². The average molecular weight is 310 g/mol. The minimum atomic E-state index is 0.438. The predicted octanol–water partition coefficient (Wildman–Crippen LogP) is 3.06. The Morgan fingerprint density at radius 2 is 2.00 bits per heavy atom. The molecule has 2 heterocycles. The molecule has 22 heavy (non-hydrogen) atoms. The molecular formula is C17H19BN2OS. The minimum Gasteiger partial charge on any atom is -0.496 e. The number of rotatable bonds is 3. The van der Waals surface area contributed by atoms with Gasteiger partial charge in [0.1, 0.15) is 18.6 Å². The fourth-order valence-electron chi connectivity index (χ4n) is 2.58. The van der Waals surface area contributed by atoms with Crippen LogP contribution in [0.1, 0.15) is 31.0 Å². The van der Waals surface area contributed by atoms with E-state index in [4.69, 9.17) is 14.7 Å². The Hall–Kier alpha value is -1.88. The molecule has 3 rings (SSSR count). The van der Waals surface area contributed by atoms with Crippen LogP contribution in [0, 0.1) is 6.92 Å². The van der Waals surface area contributed by atoms with Gasteiger partial charge in [-0.15, -0.1) is 11.3 Å². The smallest absolute Gasteiger partial charge is 0.142 e. The van der Waals surface area contributed by atoms with Gasteiger partial charge >= 0.3 is 0 Å². The molecule has 0 unspecified atom stereocenters. The van der Waals surface area contributed by atoms with E-state index in [9.17, 15) is 0 Å². The fraction of sp³-hybridized carbons (Fsp3) is 0.294. The molecule has 0 radical (unpaired) electrons. The van der Waals surface area contributed by atoms with Gasteiger partial charge in [-0.2, -0.15) is 0 Å². The van der Waals surface area contributed by atoms with Crippen LogP contribution in [0.3, 0.4) is 0 Å². The van der Waals surface area contributed by atoms with Crippen LogP contribution in [0.15, 0.2) is 23.6 Å². The first-order valence-electron chi connectivity index (χ1n) is 7.42. The summed E-state index contributed by atoms with van der Waals surface area (Å²) in [5.41, 5.74) is 5.36. The maximum absolute atomic E-state index is 5.42. The van der Waals surface area contributed by atoms with E-state index < -0.39 is 0 Å². The molecular weight excluding hydrogens is 291 g/mol. The lowest BCUT2D eigenvalue weighted by molar-refractivity contribution is 0.412. The van der Waals surface area contributed by atoms with Crippen molar-refractivity contribution in [3.8, 4) is 16.5 Å². The van der Waals surface area contributed by atoms with Gasteiger partial charge in [0, 0.05) is 10.9 Å². The lowest BCUT2D eigenvalue weighted by atomic mass is 9.90. The van der Waals surface area contributed by atoms with Crippen molar-refractivity contribution >= 4 is 35.5 Å². The summed E-state index contributed by atoms with van der Waals surface area (Å²) < 4.78 is 5.42. The van der Waals surface area contributed by atoms with Crippen LogP contribution in [-0.2, 0) is 0 Å². The van der Waals surface area contributed by atoms with E-state index in [1.165, 1.54) is 10.8 Å².